The van der Waals surface area contributed by atoms with E-state index in [4.69, 9.17) is 5.73 Å². The van der Waals surface area contributed by atoms with Crippen LogP contribution in [0.15, 0.2) is 0 Å². The molecule has 0 saturated carbocycles. The number of rotatable bonds is 3. The third kappa shape index (κ3) is 2.39. The number of hydrogen-bond acceptors (Lipinski definition) is 3. The molecule has 1 aliphatic heterocycles. The highest BCUT2D eigenvalue weighted by Gasteiger charge is 2.41. The number of nitrogens with zero attached hydrogens (tertiary/aromatic N) is 3. The van der Waals surface area contributed by atoms with Crippen molar-refractivity contribution in [1.82, 2.24) is 14.7 Å². The van der Waals surface area contributed by atoms with E-state index in [1.807, 2.05) is 30.5 Å². The van der Waals surface area contributed by atoms with Gasteiger partial charge in [-0.1, -0.05) is 13.8 Å². The summed E-state index contributed by atoms with van der Waals surface area (Å²) in [4.78, 5) is 14.1. The SMILES string of the molecule is Cc1nn(C)c(C)c1C1C(N)CC(=O)N1CC(C)C. The van der Waals surface area contributed by atoms with Gasteiger partial charge >= 0.3 is 0 Å². The fourth-order valence-corrected chi connectivity index (χ4v) is 3.01. The van der Waals surface area contributed by atoms with Gasteiger partial charge in [-0.05, 0) is 19.8 Å². The lowest BCUT2D eigenvalue weighted by Crippen LogP contribution is -2.36. The van der Waals surface area contributed by atoms with E-state index in [-0.39, 0.29) is 18.0 Å². The number of aryl methyl sites for hydroxylation is 2. The maximum absolute atomic E-state index is 12.2. The maximum atomic E-state index is 12.2. The molecule has 0 radical (unpaired) electrons. The van der Waals surface area contributed by atoms with Gasteiger partial charge in [0.2, 0.25) is 5.91 Å². The second kappa shape index (κ2) is 4.96. The smallest absolute Gasteiger partial charge is 0.224 e. The number of carbonyl (C=O) groups excluding carboxylic acids is 1. The summed E-state index contributed by atoms with van der Waals surface area (Å²) >= 11 is 0. The molecule has 2 N–H and O–H groups in total. The molecule has 1 aliphatic rings. The molecule has 0 aliphatic carbocycles. The van der Waals surface area contributed by atoms with Crippen molar-refractivity contribution in [3.8, 4) is 0 Å². The van der Waals surface area contributed by atoms with Gasteiger partial charge in [-0.25, -0.2) is 0 Å². The van der Waals surface area contributed by atoms with E-state index in [0.717, 1.165) is 23.5 Å². The molecule has 0 aromatic carbocycles. The van der Waals surface area contributed by atoms with E-state index < -0.39 is 0 Å². The number of nitrogens with two attached hydrogens (primary N) is 1. The van der Waals surface area contributed by atoms with Crippen molar-refractivity contribution in [2.45, 2.75) is 46.2 Å². The molecule has 1 saturated heterocycles. The highest BCUT2D eigenvalue weighted by atomic mass is 16.2. The summed E-state index contributed by atoms with van der Waals surface area (Å²) in [5.41, 5.74) is 9.42. The van der Waals surface area contributed by atoms with Crippen LogP contribution in [0.4, 0.5) is 0 Å². The van der Waals surface area contributed by atoms with E-state index in [0.29, 0.717) is 12.3 Å². The Kier molecular flexibility index (Phi) is 3.67. The number of hydrogen-bond donors (Lipinski definition) is 1. The van der Waals surface area contributed by atoms with Crippen LogP contribution in [0.1, 0.15) is 43.3 Å². The summed E-state index contributed by atoms with van der Waals surface area (Å²) in [5, 5.41) is 4.45. The van der Waals surface area contributed by atoms with E-state index in [9.17, 15) is 4.79 Å². The van der Waals surface area contributed by atoms with Gasteiger partial charge in [0.05, 0.1) is 11.7 Å². The normalized spacial score (nSPS) is 23.7. The summed E-state index contributed by atoms with van der Waals surface area (Å²) in [6.45, 7) is 9.03. The van der Waals surface area contributed by atoms with Crippen molar-refractivity contribution in [3.63, 3.8) is 0 Å². The third-order valence-electron chi connectivity index (χ3n) is 3.89. The summed E-state index contributed by atoms with van der Waals surface area (Å²) in [7, 11) is 1.93. The lowest BCUT2D eigenvalue weighted by atomic mass is 9.98. The predicted octanol–water partition coefficient (Wildman–Crippen LogP) is 1.29. The first kappa shape index (κ1) is 14.1. The Morgan fingerprint density at radius 3 is 2.53 bits per heavy atom. The zero-order valence-electron chi connectivity index (χ0n) is 12.5. The van der Waals surface area contributed by atoms with Crippen molar-refractivity contribution in [2.75, 3.05) is 6.54 Å². The van der Waals surface area contributed by atoms with Crippen molar-refractivity contribution < 1.29 is 4.79 Å². The standard InChI is InChI=1S/C14H24N4O/c1-8(2)7-18-12(19)6-11(15)14(18)13-9(3)16-17(5)10(13)4/h8,11,14H,6-7,15H2,1-5H3. The Morgan fingerprint density at radius 2 is 2.05 bits per heavy atom. The highest BCUT2D eigenvalue weighted by Crippen LogP contribution is 2.35. The Morgan fingerprint density at radius 1 is 1.42 bits per heavy atom. The zero-order valence-corrected chi connectivity index (χ0v) is 12.5. The minimum absolute atomic E-state index is 0.0244. The van der Waals surface area contributed by atoms with E-state index in [1.165, 1.54) is 0 Å². The molecule has 2 rings (SSSR count). The summed E-state index contributed by atoms with van der Waals surface area (Å²) in [6, 6.07) is -0.156. The van der Waals surface area contributed by atoms with E-state index in [2.05, 4.69) is 18.9 Å². The van der Waals surface area contributed by atoms with Gasteiger partial charge in [0.1, 0.15) is 0 Å². The minimum Gasteiger partial charge on any atom is -0.334 e. The molecule has 106 valence electrons. The number of carbonyl (C=O) groups is 1. The Labute approximate surface area is 114 Å². The molecule has 5 nitrogen and oxygen atoms in total. The van der Waals surface area contributed by atoms with Crippen LogP contribution >= 0.6 is 0 Å². The second-order valence-electron chi connectivity index (χ2n) is 5.96. The molecule has 2 unspecified atom stereocenters. The Balaban J connectivity index is 2.42. The van der Waals surface area contributed by atoms with Gasteiger partial charge in [-0.2, -0.15) is 5.10 Å². The molecule has 0 bridgehead atoms. The summed E-state index contributed by atoms with van der Waals surface area (Å²) in [6.07, 6.45) is 0.436. The molecule has 0 spiro atoms. The predicted molar refractivity (Wildman–Crippen MR) is 74.6 cm³/mol. The van der Waals surface area contributed by atoms with E-state index in [1.54, 1.807) is 0 Å². The summed E-state index contributed by atoms with van der Waals surface area (Å²) < 4.78 is 1.87. The number of aromatic nitrogens is 2. The zero-order chi connectivity index (χ0) is 14.3. The molecule has 1 amide bonds. The fourth-order valence-electron chi connectivity index (χ4n) is 3.01. The maximum Gasteiger partial charge on any atom is 0.224 e. The second-order valence-corrected chi connectivity index (χ2v) is 5.96. The lowest BCUT2D eigenvalue weighted by Gasteiger charge is -2.29. The molecular weight excluding hydrogens is 240 g/mol. The fraction of sp³-hybridized carbons (Fsp3) is 0.714. The molecule has 1 fully saturated rings. The number of amides is 1. The highest BCUT2D eigenvalue weighted by molar-refractivity contribution is 5.80. The molecule has 5 heteroatoms. The van der Waals surface area contributed by atoms with Gasteiger partial charge in [-0.3, -0.25) is 9.48 Å². The van der Waals surface area contributed by atoms with Crippen LogP contribution in [-0.4, -0.2) is 33.2 Å². The van der Waals surface area contributed by atoms with Gasteiger partial charge in [0.15, 0.2) is 0 Å². The van der Waals surface area contributed by atoms with Gasteiger partial charge < -0.3 is 10.6 Å². The Bertz CT molecular complexity index is 492. The van der Waals surface area contributed by atoms with Crippen molar-refractivity contribution in [2.24, 2.45) is 18.7 Å². The first-order valence-corrected chi connectivity index (χ1v) is 6.88. The van der Waals surface area contributed by atoms with Crippen LogP contribution in [0, 0.1) is 19.8 Å². The first-order chi connectivity index (χ1) is 8.82. The Hall–Kier alpha value is -1.36. The van der Waals surface area contributed by atoms with Crippen LogP contribution in [0.3, 0.4) is 0 Å². The molecule has 1 aromatic rings. The number of likely N-dealkylation sites (tertiary alicyclic amines) is 1. The average Bonchev–Trinajstić information content (AvgIpc) is 2.68. The van der Waals surface area contributed by atoms with Crippen LogP contribution in [0.5, 0.6) is 0 Å². The largest absolute Gasteiger partial charge is 0.334 e. The molecule has 2 heterocycles. The molecular formula is C14H24N4O. The van der Waals surface area contributed by atoms with Crippen LogP contribution in [-0.2, 0) is 11.8 Å². The van der Waals surface area contributed by atoms with Crippen molar-refractivity contribution >= 4 is 5.91 Å². The molecule has 19 heavy (non-hydrogen) atoms. The van der Waals surface area contributed by atoms with Crippen LogP contribution in [0.2, 0.25) is 0 Å². The quantitative estimate of drug-likeness (QED) is 0.895. The van der Waals surface area contributed by atoms with Crippen LogP contribution < -0.4 is 5.73 Å². The van der Waals surface area contributed by atoms with E-state index >= 15 is 0 Å². The average molecular weight is 264 g/mol. The molecule has 1 aromatic heterocycles. The minimum atomic E-state index is -0.132. The van der Waals surface area contributed by atoms with Gasteiger partial charge in [0.25, 0.3) is 0 Å². The molecule has 2 atom stereocenters. The lowest BCUT2D eigenvalue weighted by molar-refractivity contribution is -0.129. The topological polar surface area (TPSA) is 64.2 Å². The van der Waals surface area contributed by atoms with Crippen LogP contribution in [0.25, 0.3) is 0 Å². The third-order valence-corrected chi connectivity index (χ3v) is 3.89. The monoisotopic (exact) mass is 264 g/mol. The first-order valence-electron chi connectivity index (χ1n) is 6.88. The van der Waals surface area contributed by atoms with Crippen molar-refractivity contribution in [3.05, 3.63) is 17.0 Å². The van der Waals surface area contributed by atoms with Crippen molar-refractivity contribution in [1.29, 1.82) is 0 Å². The van der Waals surface area contributed by atoms with Gasteiger partial charge in [-0.15, -0.1) is 0 Å². The van der Waals surface area contributed by atoms with Gasteiger partial charge in [0, 0.05) is 37.3 Å². The summed E-state index contributed by atoms with van der Waals surface area (Å²) in [5.74, 6) is 0.600.